The molecule has 1 aromatic heterocycles. The maximum absolute atomic E-state index is 4.10. The van der Waals surface area contributed by atoms with Crippen LogP contribution in [0.5, 0.6) is 0 Å². The van der Waals surface area contributed by atoms with Gasteiger partial charge in [-0.25, -0.2) is 0 Å². The minimum atomic E-state index is 0.745. The summed E-state index contributed by atoms with van der Waals surface area (Å²) in [7, 11) is 2.07. The third kappa shape index (κ3) is 3.20. The summed E-state index contributed by atoms with van der Waals surface area (Å²) in [5.74, 6) is 0.824. The Morgan fingerprint density at radius 3 is 2.75 bits per heavy atom. The van der Waals surface area contributed by atoms with Crippen LogP contribution in [-0.4, -0.2) is 24.6 Å². The smallest absolute Gasteiger partial charge is 0.0526 e. The molecule has 1 aromatic rings. The first-order chi connectivity index (χ1) is 7.88. The molecule has 0 saturated heterocycles. The molecule has 0 spiro atoms. The van der Waals surface area contributed by atoms with E-state index >= 15 is 0 Å². The van der Waals surface area contributed by atoms with Crippen LogP contribution < -0.4 is 10.6 Å². The highest BCUT2D eigenvalue weighted by molar-refractivity contribution is 5.39. The van der Waals surface area contributed by atoms with Crippen molar-refractivity contribution in [2.24, 2.45) is 5.92 Å². The maximum Gasteiger partial charge on any atom is 0.0526 e. The topological polar surface area (TPSA) is 37.0 Å². The number of rotatable bonds is 4. The zero-order chi connectivity index (χ0) is 11.2. The Bertz CT molecular complexity index is 291. The number of anilines is 1. The van der Waals surface area contributed by atoms with Crippen LogP contribution in [0, 0.1) is 5.92 Å². The molecule has 1 aliphatic carbocycles. The van der Waals surface area contributed by atoms with Crippen molar-refractivity contribution in [3.05, 3.63) is 24.5 Å². The average molecular weight is 219 g/mol. The predicted molar refractivity (Wildman–Crippen MR) is 67.5 cm³/mol. The maximum atomic E-state index is 4.10. The molecule has 0 unspecified atom stereocenters. The molecule has 88 valence electrons. The molecule has 1 fully saturated rings. The lowest BCUT2D eigenvalue weighted by atomic mass is 9.86. The zero-order valence-electron chi connectivity index (χ0n) is 9.95. The largest absolute Gasteiger partial charge is 0.384 e. The van der Waals surface area contributed by atoms with Crippen molar-refractivity contribution in [1.29, 1.82) is 0 Å². The summed E-state index contributed by atoms with van der Waals surface area (Å²) >= 11 is 0. The molecule has 3 heteroatoms. The van der Waals surface area contributed by atoms with E-state index in [0.29, 0.717) is 0 Å². The van der Waals surface area contributed by atoms with Crippen LogP contribution in [0.3, 0.4) is 0 Å². The average Bonchev–Trinajstić information content (AvgIpc) is 2.38. The van der Waals surface area contributed by atoms with Crippen molar-refractivity contribution in [3.8, 4) is 0 Å². The van der Waals surface area contributed by atoms with Crippen LogP contribution in [0.2, 0.25) is 0 Å². The minimum absolute atomic E-state index is 0.745. The number of hydrogen-bond acceptors (Lipinski definition) is 3. The van der Waals surface area contributed by atoms with E-state index in [0.717, 1.165) is 24.2 Å². The fraction of sp³-hybridized carbons (Fsp3) is 0.615. The van der Waals surface area contributed by atoms with Gasteiger partial charge in [0.2, 0.25) is 0 Å². The van der Waals surface area contributed by atoms with Gasteiger partial charge in [0.25, 0.3) is 0 Å². The Labute approximate surface area is 97.7 Å². The van der Waals surface area contributed by atoms with Gasteiger partial charge in [-0.15, -0.1) is 0 Å². The van der Waals surface area contributed by atoms with E-state index in [9.17, 15) is 0 Å². The number of nitrogens with zero attached hydrogens (tertiary/aromatic N) is 1. The number of nitrogens with one attached hydrogen (secondary N) is 2. The Balaban J connectivity index is 1.72. The zero-order valence-corrected chi connectivity index (χ0v) is 9.95. The van der Waals surface area contributed by atoms with Gasteiger partial charge in [-0.2, -0.15) is 0 Å². The van der Waals surface area contributed by atoms with Gasteiger partial charge in [0.05, 0.1) is 5.69 Å². The standard InChI is InChI=1S/C13H21N3/c1-14-12-6-4-11(5-7-12)9-16-13-3-2-8-15-10-13/h2-3,8,10-12,14,16H,4-7,9H2,1H3. The van der Waals surface area contributed by atoms with Crippen LogP contribution >= 0.6 is 0 Å². The summed E-state index contributed by atoms with van der Waals surface area (Å²) in [5.41, 5.74) is 1.14. The van der Waals surface area contributed by atoms with E-state index in [1.54, 1.807) is 0 Å². The van der Waals surface area contributed by atoms with Crippen molar-refractivity contribution in [2.75, 3.05) is 18.9 Å². The van der Waals surface area contributed by atoms with Crippen molar-refractivity contribution >= 4 is 5.69 Å². The van der Waals surface area contributed by atoms with Crippen LogP contribution in [0.1, 0.15) is 25.7 Å². The first kappa shape index (κ1) is 11.4. The summed E-state index contributed by atoms with van der Waals surface area (Å²) in [6, 6.07) is 4.79. The van der Waals surface area contributed by atoms with Gasteiger partial charge in [0.15, 0.2) is 0 Å². The van der Waals surface area contributed by atoms with E-state index in [1.165, 1.54) is 25.7 Å². The van der Waals surface area contributed by atoms with E-state index in [2.05, 4.69) is 28.7 Å². The molecule has 2 N–H and O–H groups in total. The molecule has 16 heavy (non-hydrogen) atoms. The fourth-order valence-corrected chi connectivity index (χ4v) is 2.38. The summed E-state index contributed by atoms with van der Waals surface area (Å²) in [6.07, 6.45) is 8.99. The third-order valence-corrected chi connectivity index (χ3v) is 3.51. The van der Waals surface area contributed by atoms with Gasteiger partial charge >= 0.3 is 0 Å². The summed E-state index contributed by atoms with van der Waals surface area (Å²) in [5, 5.41) is 6.83. The van der Waals surface area contributed by atoms with Crippen LogP contribution in [-0.2, 0) is 0 Å². The van der Waals surface area contributed by atoms with Crippen molar-refractivity contribution < 1.29 is 0 Å². The summed E-state index contributed by atoms with van der Waals surface area (Å²) < 4.78 is 0. The van der Waals surface area contributed by atoms with Crippen molar-refractivity contribution in [3.63, 3.8) is 0 Å². The van der Waals surface area contributed by atoms with Gasteiger partial charge in [0.1, 0.15) is 0 Å². The van der Waals surface area contributed by atoms with Gasteiger partial charge in [0, 0.05) is 25.0 Å². The summed E-state index contributed by atoms with van der Waals surface area (Å²) in [4.78, 5) is 4.10. The van der Waals surface area contributed by atoms with Gasteiger partial charge in [-0.3, -0.25) is 4.98 Å². The van der Waals surface area contributed by atoms with E-state index in [4.69, 9.17) is 0 Å². The van der Waals surface area contributed by atoms with E-state index < -0.39 is 0 Å². The van der Waals surface area contributed by atoms with Crippen LogP contribution in [0.15, 0.2) is 24.5 Å². The van der Waals surface area contributed by atoms with E-state index in [1.807, 2.05) is 18.5 Å². The molecule has 1 aliphatic rings. The number of pyridine rings is 1. The fourth-order valence-electron chi connectivity index (χ4n) is 2.38. The van der Waals surface area contributed by atoms with Crippen LogP contribution in [0.25, 0.3) is 0 Å². The molecule has 1 heterocycles. The molecule has 0 atom stereocenters. The van der Waals surface area contributed by atoms with Gasteiger partial charge < -0.3 is 10.6 Å². The second-order valence-electron chi connectivity index (χ2n) is 4.63. The van der Waals surface area contributed by atoms with Crippen LogP contribution in [0.4, 0.5) is 5.69 Å². The SMILES string of the molecule is CNC1CCC(CNc2cccnc2)CC1. The molecular formula is C13H21N3. The predicted octanol–water partition coefficient (Wildman–Crippen LogP) is 2.27. The molecule has 0 bridgehead atoms. The minimum Gasteiger partial charge on any atom is -0.384 e. The molecule has 0 radical (unpaired) electrons. The van der Waals surface area contributed by atoms with Crippen molar-refractivity contribution in [2.45, 2.75) is 31.7 Å². The Hall–Kier alpha value is -1.09. The number of hydrogen-bond donors (Lipinski definition) is 2. The van der Waals surface area contributed by atoms with E-state index in [-0.39, 0.29) is 0 Å². The lowest BCUT2D eigenvalue weighted by Gasteiger charge is -2.28. The molecule has 0 amide bonds. The molecular weight excluding hydrogens is 198 g/mol. The van der Waals surface area contributed by atoms with Crippen molar-refractivity contribution in [1.82, 2.24) is 10.3 Å². The Morgan fingerprint density at radius 1 is 1.31 bits per heavy atom. The second kappa shape index (κ2) is 5.85. The lowest BCUT2D eigenvalue weighted by Crippen LogP contribution is -2.32. The third-order valence-electron chi connectivity index (χ3n) is 3.51. The van der Waals surface area contributed by atoms with Gasteiger partial charge in [-0.05, 0) is 50.8 Å². The highest BCUT2D eigenvalue weighted by Crippen LogP contribution is 2.24. The Kier molecular flexibility index (Phi) is 4.17. The van der Waals surface area contributed by atoms with Gasteiger partial charge in [-0.1, -0.05) is 0 Å². The second-order valence-corrected chi connectivity index (χ2v) is 4.63. The first-order valence-corrected chi connectivity index (χ1v) is 6.19. The normalized spacial score (nSPS) is 25.3. The molecule has 0 aliphatic heterocycles. The summed E-state index contributed by atoms with van der Waals surface area (Å²) in [6.45, 7) is 1.09. The molecule has 3 nitrogen and oxygen atoms in total. The quantitative estimate of drug-likeness (QED) is 0.815. The molecule has 1 saturated carbocycles. The first-order valence-electron chi connectivity index (χ1n) is 6.19. The lowest BCUT2D eigenvalue weighted by molar-refractivity contribution is 0.312. The number of aromatic nitrogens is 1. The Morgan fingerprint density at radius 2 is 2.12 bits per heavy atom. The highest BCUT2D eigenvalue weighted by Gasteiger charge is 2.19. The molecule has 0 aromatic carbocycles. The highest BCUT2D eigenvalue weighted by atomic mass is 14.9. The monoisotopic (exact) mass is 219 g/mol. The molecule has 2 rings (SSSR count).